The molecule has 0 aliphatic rings. The van der Waals surface area contributed by atoms with Crippen molar-refractivity contribution in [2.45, 2.75) is 45.7 Å². The third-order valence-corrected chi connectivity index (χ3v) is 3.42. The molecule has 0 amide bonds. The van der Waals surface area contributed by atoms with Gasteiger partial charge in [0, 0.05) is 23.4 Å². The lowest BCUT2D eigenvalue weighted by Gasteiger charge is -2.13. The van der Waals surface area contributed by atoms with E-state index in [1.54, 1.807) is 11.3 Å². The highest BCUT2D eigenvalue weighted by molar-refractivity contribution is 7.09. The number of nitrogens with zero attached hydrogens (tertiary/aromatic N) is 1. The molecule has 1 unspecified atom stereocenters. The Morgan fingerprint density at radius 3 is 2.67 bits per heavy atom. The average Bonchev–Trinajstić information content (AvgIpc) is 2.61. The zero-order valence-corrected chi connectivity index (χ0v) is 10.7. The van der Waals surface area contributed by atoms with Gasteiger partial charge in [-0.25, -0.2) is 4.98 Å². The fourth-order valence-corrected chi connectivity index (χ4v) is 1.98. The van der Waals surface area contributed by atoms with Gasteiger partial charge in [-0.3, -0.25) is 0 Å². The fourth-order valence-electron chi connectivity index (χ4n) is 1.08. The summed E-state index contributed by atoms with van der Waals surface area (Å²) >= 11 is 1.70. The van der Waals surface area contributed by atoms with E-state index in [1.807, 2.05) is 6.92 Å². The van der Waals surface area contributed by atoms with Crippen molar-refractivity contribution in [1.29, 1.82) is 0 Å². The first-order valence-corrected chi connectivity index (χ1v) is 6.10. The van der Waals surface area contributed by atoms with Crippen LogP contribution in [0.2, 0.25) is 0 Å². The van der Waals surface area contributed by atoms with E-state index in [2.05, 4.69) is 36.5 Å². The second-order valence-corrected chi connectivity index (χ2v) is 5.72. The summed E-state index contributed by atoms with van der Waals surface area (Å²) in [6, 6.07) is 0.129. The van der Waals surface area contributed by atoms with Crippen molar-refractivity contribution in [2.75, 3.05) is 6.61 Å². The van der Waals surface area contributed by atoms with Crippen LogP contribution in [0.1, 0.15) is 38.4 Å². The Labute approximate surface area is 95.6 Å². The molecule has 0 radical (unpaired) electrons. The summed E-state index contributed by atoms with van der Waals surface area (Å²) in [5, 5.41) is 15.3. The highest BCUT2D eigenvalue weighted by Gasteiger charge is 2.17. The van der Waals surface area contributed by atoms with E-state index in [4.69, 9.17) is 5.11 Å². The smallest absolute Gasteiger partial charge is 0.0982 e. The van der Waals surface area contributed by atoms with Crippen LogP contribution in [0.5, 0.6) is 0 Å². The van der Waals surface area contributed by atoms with Crippen LogP contribution in [-0.2, 0) is 12.0 Å². The highest BCUT2D eigenvalue weighted by Crippen LogP contribution is 2.25. The molecule has 1 atom stereocenters. The standard InChI is InChI=1S/C11H20N2OS/c1-8(6-14)12-5-9-7-15-10(13-9)11(2,3)4/h7-8,12,14H,5-6H2,1-4H3. The van der Waals surface area contributed by atoms with E-state index in [-0.39, 0.29) is 18.1 Å². The molecular formula is C11H20N2OS. The molecule has 15 heavy (non-hydrogen) atoms. The maximum atomic E-state index is 8.87. The van der Waals surface area contributed by atoms with Gasteiger partial charge in [-0.15, -0.1) is 11.3 Å². The second-order valence-electron chi connectivity index (χ2n) is 4.86. The lowest BCUT2D eigenvalue weighted by Crippen LogP contribution is -2.28. The van der Waals surface area contributed by atoms with E-state index < -0.39 is 0 Å². The minimum Gasteiger partial charge on any atom is -0.395 e. The van der Waals surface area contributed by atoms with Crippen LogP contribution in [0.3, 0.4) is 0 Å². The van der Waals surface area contributed by atoms with Crippen LogP contribution in [0.4, 0.5) is 0 Å². The van der Waals surface area contributed by atoms with E-state index in [9.17, 15) is 0 Å². The summed E-state index contributed by atoms with van der Waals surface area (Å²) in [7, 11) is 0. The molecule has 0 saturated heterocycles. The molecular weight excluding hydrogens is 208 g/mol. The van der Waals surface area contributed by atoms with Gasteiger partial charge in [0.15, 0.2) is 0 Å². The lowest BCUT2D eigenvalue weighted by atomic mass is 9.98. The first kappa shape index (κ1) is 12.6. The number of nitrogens with one attached hydrogen (secondary N) is 1. The molecule has 86 valence electrons. The van der Waals surface area contributed by atoms with E-state index in [0.29, 0.717) is 0 Å². The quantitative estimate of drug-likeness (QED) is 0.827. The minimum atomic E-state index is 0.129. The molecule has 0 fully saturated rings. The van der Waals surface area contributed by atoms with Crippen LogP contribution in [0.15, 0.2) is 5.38 Å². The number of thiazole rings is 1. The molecule has 2 N–H and O–H groups in total. The third kappa shape index (κ3) is 3.89. The Bertz CT molecular complexity index is 304. The third-order valence-electron chi connectivity index (χ3n) is 2.10. The first-order chi connectivity index (χ1) is 6.93. The van der Waals surface area contributed by atoms with Gasteiger partial charge in [0.05, 0.1) is 17.3 Å². The van der Waals surface area contributed by atoms with Crippen molar-refractivity contribution in [3.05, 3.63) is 16.1 Å². The molecule has 0 saturated carbocycles. The summed E-state index contributed by atoms with van der Waals surface area (Å²) in [6.07, 6.45) is 0. The van der Waals surface area contributed by atoms with E-state index in [0.717, 1.165) is 17.2 Å². The molecule has 4 heteroatoms. The summed E-state index contributed by atoms with van der Waals surface area (Å²) in [6.45, 7) is 9.35. The number of rotatable bonds is 4. The molecule has 0 aliphatic heterocycles. The largest absolute Gasteiger partial charge is 0.395 e. The molecule has 0 aliphatic carbocycles. The number of aliphatic hydroxyl groups is 1. The number of aromatic nitrogens is 1. The van der Waals surface area contributed by atoms with Crippen LogP contribution < -0.4 is 5.32 Å². The molecule has 0 aromatic carbocycles. The lowest BCUT2D eigenvalue weighted by molar-refractivity contribution is 0.250. The molecule has 3 nitrogen and oxygen atoms in total. The van der Waals surface area contributed by atoms with Crippen LogP contribution in [-0.4, -0.2) is 22.7 Å². The van der Waals surface area contributed by atoms with Crippen LogP contribution in [0.25, 0.3) is 0 Å². The van der Waals surface area contributed by atoms with Crippen molar-refractivity contribution in [3.8, 4) is 0 Å². The fraction of sp³-hybridized carbons (Fsp3) is 0.727. The molecule has 1 aromatic heterocycles. The average molecular weight is 228 g/mol. The van der Waals surface area contributed by atoms with E-state index >= 15 is 0 Å². The van der Waals surface area contributed by atoms with Crippen molar-refractivity contribution in [1.82, 2.24) is 10.3 Å². The van der Waals surface area contributed by atoms with Crippen molar-refractivity contribution in [3.63, 3.8) is 0 Å². The number of hydrogen-bond donors (Lipinski definition) is 2. The first-order valence-electron chi connectivity index (χ1n) is 5.22. The summed E-state index contributed by atoms with van der Waals surface area (Å²) in [4.78, 5) is 4.56. The molecule has 1 heterocycles. The summed E-state index contributed by atoms with van der Waals surface area (Å²) in [5.41, 5.74) is 1.19. The minimum absolute atomic E-state index is 0.129. The van der Waals surface area contributed by atoms with Gasteiger partial charge in [0.2, 0.25) is 0 Å². The zero-order valence-electron chi connectivity index (χ0n) is 9.87. The number of aliphatic hydroxyl groups excluding tert-OH is 1. The number of hydrogen-bond acceptors (Lipinski definition) is 4. The highest BCUT2D eigenvalue weighted by atomic mass is 32.1. The van der Waals surface area contributed by atoms with E-state index in [1.165, 1.54) is 0 Å². The Morgan fingerprint density at radius 1 is 1.53 bits per heavy atom. The Hall–Kier alpha value is -0.450. The zero-order chi connectivity index (χ0) is 11.5. The normalized spacial score (nSPS) is 14.2. The predicted molar refractivity (Wildman–Crippen MR) is 64.2 cm³/mol. The van der Waals surface area contributed by atoms with Gasteiger partial charge in [0.25, 0.3) is 0 Å². The Balaban J connectivity index is 2.54. The SMILES string of the molecule is CC(CO)NCc1csc(C(C)(C)C)n1. The maximum Gasteiger partial charge on any atom is 0.0982 e. The second kappa shape index (κ2) is 5.05. The molecule has 1 rings (SSSR count). The summed E-state index contributed by atoms with van der Waals surface area (Å²) < 4.78 is 0. The van der Waals surface area contributed by atoms with Crippen LogP contribution >= 0.6 is 11.3 Å². The van der Waals surface area contributed by atoms with Crippen molar-refractivity contribution in [2.24, 2.45) is 0 Å². The van der Waals surface area contributed by atoms with Gasteiger partial charge in [-0.05, 0) is 6.92 Å². The Morgan fingerprint density at radius 2 is 2.20 bits per heavy atom. The molecule has 0 spiro atoms. The van der Waals surface area contributed by atoms with Gasteiger partial charge < -0.3 is 10.4 Å². The van der Waals surface area contributed by atoms with Gasteiger partial charge in [-0.1, -0.05) is 20.8 Å². The topological polar surface area (TPSA) is 45.1 Å². The summed E-state index contributed by atoms with van der Waals surface area (Å²) in [5.74, 6) is 0. The van der Waals surface area contributed by atoms with Gasteiger partial charge in [0.1, 0.15) is 0 Å². The van der Waals surface area contributed by atoms with Gasteiger partial charge >= 0.3 is 0 Å². The molecule has 1 aromatic rings. The Kier molecular flexibility index (Phi) is 4.25. The van der Waals surface area contributed by atoms with Crippen LogP contribution in [0, 0.1) is 0 Å². The van der Waals surface area contributed by atoms with Crippen molar-refractivity contribution >= 4 is 11.3 Å². The van der Waals surface area contributed by atoms with Gasteiger partial charge in [-0.2, -0.15) is 0 Å². The monoisotopic (exact) mass is 228 g/mol. The maximum absolute atomic E-state index is 8.87. The van der Waals surface area contributed by atoms with Crippen molar-refractivity contribution < 1.29 is 5.11 Å². The predicted octanol–water partition coefficient (Wildman–Crippen LogP) is 1.91. The molecule has 0 bridgehead atoms.